The van der Waals surface area contributed by atoms with E-state index in [1.807, 2.05) is 25.1 Å². The van der Waals surface area contributed by atoms with Crippen molar-refractivity contribution in [1.82, 2.24) is 0 Å². The predicted octanol–water partition coefficient (Wildman–Crippen LogP) is 3.74. The third-order valence-electron chi connectivity index (χ3n) is 2.86. The van der Waals surface area contributed by atoms with E-state index in [0.29, 0.717) is 0 Å². The van der Waals surface area contributed by atoms with Crippen LogP contribution in [0.15, 0.2) is 48.6 Å². The second-order valence-corrected chi connectivity index (χ2v) is 4.45. The molecule has 1 aromatic rings. The van der Waals surface area contributed by atoms with Crippen LogP contribution in [0.1, 0.15) is 25.8 Å². The molecule has 86 valence electrons. The fraction of sp³-hybridized carbons (Fsp3) is 0.250. The van der Waals surface area contributed by atoms with Crippen molar-refractivity contribution in [2.24, 2.45) is 0 Å². The Hall–Kier alpha value is -1.94. The summed E-state index contributed by atoms with van der Waals surface area (Å²) in [6, 6.07) is 8.18. The molecule has 1 unspecified atom stereocenters. The Bertz CT molecular complexity index is 514. The quantitative estimate of drug-likeness (QED) is 0.753. The van der Waals surface area contributed by atoms with Gasteiger partial charge in [-0.3, -0.25) is 0 Å². The summed E-state index contributed by atoms with van der Waals surface area (Å²) in [5.74, 6) is 6.08. The maximum absolute atomic E-state index is 3.57. The fourth-order valence-corrected chi connectivity index (χ4v) is 1.96. The van der Waals surface area contributed by atoms with Crippen LogP contribution in [-0.4, -0.2) is 5.54 Å². The van der Waals surface area contributed by atoms with Gasteiger partial charge in [0, 0.05) is 5.56 Å². The first kappa shape index (κ1) is 11.5. The van der Waals surface area contributed by atoms with Crippen LogP contribution >= 0.6 is 0 Å². The highest BCUT2D eigenvalue weighted by Gasteiger charge is 2.20. The van der Waals surface area contributed by atoms with E-state index in [1.165, 1.54) is 0 Å². The Balaban J connectivity index is 2.26. The molecule has 0 saturated carbocycles. The molecule has 0 radical (unpaired) electrons. The number of allylic oxidation sites excluding steroid dienone is 2. The second-order valence-electron chi connectivity index (χ2n) is 4.45. The molecule has 1 aromatic carbocycles. The van der Waals surface area contributed by atoms with Gasteiger partial charge in [-0.2, -0.15) is 0 Å². The van der Waals surface area contributed by atoms with Gasteiger partial charge in [-0.15, -0.1) is 5.92 Å². The monoisotopic (exact) mass is 223 g/mol. The zero-order valence-corrected chi connectivity index (χ0v) is 10.3. The first-order chi connectivity index (χ1) is 8.23. The van der Waals surface area contributed by atoms with Crippen molar-refractivity contribution in [3.8, 4) is 11.8 Å². The largest absolute Gasteiger partial charge is 0.375 e. The number of rotatable bonds is 2. The molecular formula is C16H17N. The number of hydrogen-bond acceptors (Lipinski definition) is 1. The lowest BCUT2D eigenvalue weighted by Crippen LogP contribution is -2.32. The summed E-state index contributed by atoms with van der Waals surface area (Å²) in [6.45, 7) is 4.06. The predicted molar refractivity (Wildman–Crippen MR) is 73.9 cm³/mol. The molecule has 0 aromatic heterocycles. The topological polar surface area (TPSA) is 12.0 Å². The van der Waals surface area contributed by atoms with E-state index in [2.05, 4.69) is 54.5 Å². The molecule has 2 rings (SSSR count). The molecule has 1 atom stereocenters. The van der Waals surface area contributed by atoms with Crippen LogP contribution in [0, 0.1) is 11.8 Å². The normalized spacial score (nSPS) is 21.8. The fourth-order valence-electron chi connectivity index (χ4n) is 1.96. The van der Waals surface area contributed by atoms with Gasteiger partial charge in [-0.1, -0.05) is 42.4 Å². The van der Waals surface area contributed by atoms with E-state index >= 15 is 0 Å². The lowest BCUT2D eigenvalue weighted by Gasteiger charge is -2.29. The summed E-state index contributed by atoms with van der Waals surface area (Å²) in [7, 11) is 0. The summed E-state index contributed by atoms with van der Waals surface area (Å²) in [5, 5.41) is 3.57. The lowest BCUT2D eigenvalue weighted by atomic mass is 9.93. The van der Waals surface area contributed by atoms with Gasteiger partial charge >= 0.3 is 0 Å². The van der Waals surface area contributed by atoms with E-state index in [-0.39, 0.29) is 5.54 Å². The third kappa shape index (κ3) is 2.79. The van der Waals surface area contributed by atoms with Crippen molar-refractivity contribution >= 4 is 5.69 Å². The summed E-state index contributed by atoms with van der Waals surface area (Å²) >= 11 is 0. The highest BCUT2D eigenvalue weighted by molar-refractivity contribution is 5.61. The smallest absolute Gasteiger partial charge is 0.0565 e. The van der Waals surface area contributed by atoms with Crippen LogP contribution in [-0.2, 0) is 0 Å². The average molecular weight is 223 g/mol. The molecule has 1 aliphatic rings. The zero-order valence-electron chi connectivity index (χ0n) is 10.3. The highest BCUT2D eigenvalue weighted by atomic mass is 15.0. The maximum atomic E-state index is 3.57. The van der Waals surface area contributed by atoms with Gasteiger partial charge in [-0.25, -0.2) is 0 Å². The molecule has 17 heavy (non-hydrogen) atoms. The van der Waals surface area contributed by atoms with E-state index < -0.39 is 0 Å². The summed E-state index contributed by atoms with van der Waals surface area (Å²) in [4.78, 5) is 0. The van der Waals surface area contributed by atoms with Gasteiger partial charge in [0.2, 0.25) is 0 Å². The minimum atomic E-state index is -0.0136. The number of anilines is 1. The molecule has 0 fully saturated rings. The molecule has 0 bridgehead atoms. The summed E-state index contributed by atoms with van der Waals surface area (Å²) < 4.78 is 0. The Morgan fingerprint density at radius 3 is 2.76 bits per heavy atom. The summed E-state index contributed by atoms with van der Waals surface area (Å²) in [5.41, 5.74) is 2.14. The first-order valence-electron chi connectivity index (χ1n) is 5.88. The van der Waals surface area contributed by atoms with Crippen molar-refractivity contribution in [1.29, 1.82) is 0 Å². The van der Waals surface area contributed by atoms with E-state index in [9.17, 15) is 0 Å². The highest BCUT2D eigenvalue weighted by Crippen LogP contribution is 2.25. The van der Waals surface area contributed by atoms with E-state index in [0.717, 1.165) is 17.7 Å². The van der Waals surface area contributed by atoms with Crippen molar-refractivity contribution in [2.45, 2.75) is 25.8 Å². The van der Waals surface area contributed by atoms with Crippen LogP contribution in [0.25, 0.3) is 0 Å². The van der Waals surface area contributed by atoms with Gasteiger partial charge in [0.25, 0.3) is 0 Å². The Morgan fingerprint density at radius 1 is 1.24 bits per heavy atom. The van der Waals surface area contributed by atoms with Gasteiger partial charge < -0.3 is 5.32 Å². The number of hydrogen-bond donors (Lipinski definition) is 1. The summed E-state index contributed by atoms with van der Waals surface area (Å²) in [6.07, 6.45) is 9.55. The van der Waals surface area contributed by atoms with Gasteiger partial charge in [0.1, 0.15) is 0 Å². The van der Waals surface area contributed by atoms with Gasteiger partial charge in [0.05, 0.1) is 11.2 Å². The van der Waals surface area contributed by atoms with Crippen LogP contribution in [0.5, 0.6) is 0 Å². The number of benzene rings is 1. The second kappa shape index (κ2) is 4.93. The molecule has 0 aliphatic heterocycles. The van der Waals surface area contributed by atoms with Crippen LogP contribution < -0.4 is 5.32 Å². The van der Waals surface area contributed by atoms with Crippen LogP contribution in [0.4, 0.5) is 5.69 Å². The molecule has 1 N–H and O–H groups in total. The molecular weight excluding hydrogens is 206 g/mol. The van der Waals surface area contributed by atoms with Crippen molar-refractivity contribution in [2.75, 3.05) is 5.32 Å². The molecule has 0 heterocycles. The SMILES string of the molecule is CC#Cc1ccccc1NC1(C)C=CC=CC1. The van der Waals surface area contributed by atoms with Crippen molar-refractivity contribution < 1.29 is 0 Å². The van der Waals surface area contributed by atoms with Crippen molar-refractivity contribution in [3.63, 3.8) is 0 Å². The number of nitrogens with one attached hydrogen (secondary N) is 1. The first-order valence-corrected chi connectivity index (χ1v) is 5.88. The standard InChI is InChI=1S/C16H17N/c1-3-9-14-10-5-6-11-15(14)17-16(2)12-7-4-8-13-16/h4-8,10-12,17H,13H2,1-2H3. The van der Waals surface area contributed by atoms with E-state index in [4.69, 9.17) is 0 Å². The molecule has 1 nitrogen and oxygen atoms in total. The van der Waals surface area contributed by atoms with Crippen LogP contribution in [0.2, 0.25) is 0 Å². The zero-order chi connectivity index (χ0) is 12.1. The Labute approximate surface area is 103 Å². The van der Waals surface area contributed by atoms with Gasteiger partial charge in [0.15, 0.2) is 0 Å². The molecule has 1 aliphatic carbocycles. The maximum Gasteiger partial charge on any atom is 0.0565 e. The molecule has 0 amide bonds. The lowest BCUT2D eigenvalue weighted by molar-refractivity contribution is 0.640. The van der Waals surface area contributed by atoms with Gasteiger partial charge in [-0.05, 0) is 32.4 Å². The van der Waals surface area contributed by atoms with E-state index in [1.54, 1.807) is 0 Å². The minimum Gasteiger partial charge on any atom is -0.375 e. The van der Waals surface area contributed by atoms with Crippen LogP contribution in [0.3, 0.4) is 0 Å². The average Bonchev–Trinajstić information content (AvgIpc) is 2.32. The molecule has 0 spiro atoms. The third-order valence-corrected chi connectivity index (χ3v) is 2.86. The number of para-hydroxylation sites is 1. The van der Waals surface area contributed by atoms with Crippen molar-refractivity contribution in [3.05, 3.63) is 54.1 Å². The Morgan fingerprint density at radius 2 is 2.06 bits per heavy atom. The minimum absolute atomic E-state index is 0.0136. The Kier molecular flexibility index (Phi) is 3.35. The molecule has 0 saturated heterocycles. The molecule has 1 heteroatoms.